The number of hydrogen-bond donors (Lipinski definition) is 2. The van der Waals surface area contributed by atoms with Crippen LogP contribution < -0.4 is 10.6 Å². The molecular weight excluding hydrogens is 304 g/mol. The minimum Gasteiger partial charge on any atom is -0.353 e. The van der Waals surface area contributed by atoms with E-state index in [2.05, 4.69) is 44.8 Å². The molecule has 3 nitrogen and oxygen atoms in total. The Balaban J connectivity index is 1.70. The predicted molar refractivity (Wildman–Crippen MR) is 81.2 cm³/mol. The van der Waals surface area contributed by atoms with Gasteiger partial charge in [0.15, 0.2) is 0 Å². The van der Waals surface area contributed by atoms with E-state index in [1.54, 1.807) is 0 Å². The van der Waals surface area contributed by atoms with Crippen molar-refractivity contribution in [2.45, 2.75) is 44.7 Å². The van der Waals surface area contributed by atoms with Gasteiger partial charge in [-0.1, -0.05) is 28.1 Å². The predicted octanol–water partition coefficient (Wildman–Crippen LogP) is 2.81. The van der Waals surface area contributed by atoms with Crippen molar-refractivity contribution in [2.75, 3.05) is 6.54 Å². The third kappa shape index (κ3) is 4.32. The van der Waals surface area contributed by atoms with E-state index < -0.39 is 0 Å². The van der Waals surface area contributed by atoms with Gasteiger partial charge in [-0.2, -0.15) is 0 Å². The summed E-state index contributed by atoms with van der Waals surface area (Å²) in [5.41, 5.74) is 1.39. The largest absolute Gasteiger partial charge is 0.353 e. The van der Waals surface area contributed by atoms with Gasteiger partial charge in [0, 0.05) is 16.6 Å². The molecule has 1 aromatic rings. The number of amides is 1. The fourth-order valence-electron chi connectivity index (χ4n) is 2.43. The van der Waals surface area contributed by atoms with Crippen LogP contribution in [0.15, 0.2) is 28.7 Å². The molecule has 0 radical (unpaired) electrons. The fourth-order valence-corrected chi connectivity index (χ4v) is 2.84. The molecule has 4 heteroatoms. The second-order valence-electron chi connectivity index (χ2n) is 5.52. The second-order valence-corrected chi connectivity index (χ2v) is 6.44. The van der Waals surface area contributed by atoms with Crippen LogP contribution in [0.5, 0.6) is 0 Å². The van der Waals surface area contributed by atoms with Crippen LogP contribution in [0.4, 0.5) is 0 Å². The number of carbonyl (C=O) groups excluding carboxylic acids is 1. The van der Waals surface area contributed by atoms with Crippen LogP contribution in [0.1, 0.15) is 38.2 Å². The normalized spacial score (nSPS) is 22.1. The van der Waals surface area contributed by atoms with Gasteiger partial charge in [-0.25, -0.2) is 0 Å². The molecule has 1 aliphatic carbocycles. The van der Waals surface area contributed by atoms with E-state index in [9.17, 15) is 4.79 Å². The van der Waals surface area contributed by atoms with Crippen LogP contribution >= 0.6 is 15.9 Å². The van der Waals surface area contributed by atoms with Crippen LogP contribution in [-0.4, -0.2) is 24.5 Å². The van der Waals surface area contributed by atoms with Gasteiger partial charge in [0.2, 0.25) is 5.91 Å². The molecular formula is C15H21BrN2O. The number of rotatable bonds is 5. The topological polar surface area (TPSA) is 41.1 Å². The average molecular weight is 325 g/mol. The third-order valence-electron chi connectivity index (χ3n) is 3.46. The average Bonchev–Trinajstić information content (AvgIpc) is 2.25. The molecule has 1 aliphatic rings. The summed E-state index contributed by atoms with van der Waals surface area (Å²) in [7, 11) is 0. The van der Waals surface area contributed by atoms with Crippen molar-refractivity contribution in [3.05, 3.63) is 34.3 Å². The van der Waals surface area contributed by atoms with Crippen molar-refractivity contribution < 1.29 is 4.79 Å². The Bertz CT molecular complexity index is 442. The Morgan fingerprint density at radius 3 is 2.79 bits per heavy atom. The Labute approximate surface area is 123 Å². The van der Waals surface area contributed by atoms with Gasteiger partial charge in [0.25, 0.3) is 0 Å². The highest BCUT2D eigenvalue weighted by Gasteiger charge is 2.30. The summed E-state index contributed by atoms with van der Waals surface area (Å²) in [5.74, 6) is 0.712. The smallest absolute Gasteiger partial charge is 0.234 e. The molecule has 0 saturated heterocycles. The number of nitrogens with one attached hydrogen (secondary N) is 2. The van der Waals surface area contributed by atoms with Gasteiger partial charge < -0.3 is 10.6 Å². The van der Waals surface area contributed by atoms with Crippen LogP contribution in [0.3, 0.4) is 0 Å². The monoisotopic (exact) mass is 324 g/mol. The number of hydrogen-bond acceptors (Lipinski definition) is 2. The summed E-state index contributed by atoms with van der Waals surface area (Å²) < 4.78 is 1.14. The van der Waals surface area contributed by atoms with E-state index in [-0.39, 0.29) is 11.9 Å². The molecule has 1 aromatic carbocycles. The van der Waals surface area contributed by atoms with Crippen molar-refractivity contribution in [1.82, 2.24) is 10.6 Å². The summed E-state index contributed by atoms with van der Waals surface area (Å²) in [6.45, 7) is 4.38. The van der Waals surface area contributed by atoms with Crippen molar-refractivity contribution >= 4 is 21.8 Å². The van der Waals surface area contributed by atoms with Gasteiger partial charge in [0.1, 0.15) is 0 Å². The maximum absolute atomic E-state index is 11.5. The first kappa shape index (κ1) is 14.5. The maximum Gasteiger partial charge on any atom is 0.234 e. The molecule has 2 N–H and O–H groups in total. The van der Waals surface area contributed by atoms with E-state index in [0.717, 1.165) is 17.3 Å². The Kier molecular flexibility index (Phi) is 4.99. The number of carbonyl (C=O) groups is 1. The quantitative estimate of drug-likeness (QED) is 0.874. The molecule has 0 atom stereocenters. The molecule has 104 valence electrons. The number of halogens is 1. The Morgan fingerprint density at radius 1 is 1.42 bits per heavy atom. The third-order valence-corrected chi connectivity index (χ3v) is 3.95. The Morgan fingerprint density at radius 2 is 2.16 bits per heavy atom. The lowest BCUT2D eigenvalue weighted by Gasteiger charge is -2.36. The minimum atomic E-state index is 0.0842. The van der Waals surface area contributed by atoms with E-state index in [1.165, 1.54) is 5.56 Å². The van der Waals surface area contributed by atoms with Crippen molar-refractivity contribution in [3.63, 3.8) is 0 Å². The summed E-state index contributed by atoms with van der Waals surface area (Å²) in [5, 5.41) is 6.20. The molecule has 2 rings (SSSR count). The zero-order valence-electron chi connectivity index (χ0n) is 11.4. The van der Waals surface area contributed by atoms with Crippen LogP contribution in [-0.2, 0) is 4.79 Å². The second kappa shape index (κ2) is 6.53. The fraction of sp³-hybridized carbons (Fsp3) is 0.533. The zero-order chi connectivity index (χ0) is 13.8. The van der Waals surface area contributed by atoms with E-state index in [0.29, 0.717) is 18.5 Å². The van der Waals surface area contributed by atoms with Gasteiger partial charge in [0.05, 0.1) is 6.54 Å². The first-order valence-electron chi connectivity index (χ1n) is 6.83. The highest BCUT2D eigenvalue weighted by molar-refractivity contribution is 9.10. The molecule has 0 aromatic heterocycles. The van der Waals surface area contributed by atoms with Gasteiger partial charge in [-0.15, -0.1) is 0 Å². The first-order valence-corrected chi connectivity index (χ1v) is 7.62. The lowest BCUT2D eigenvalue weighted by molar-refractivity contribution is -0.121. The van der Waals surface area contributed by atoms with Crippen LogP contribution in [0.25, 0.3) is 0 Å². The maximum atomic E-state index is 11.5. The van der Waals surface area contributed by atoms with E-state index in [4.69, 9.17) is 0 Å². The molecule has 0 heterocycles. The lowest BCUT2D eigenvalue weighted by atomic mass is 9.76. The summed E-state index contributed by atoms with van der Waals surface area (Å²) >= 11 is 3.50. The molecule has 0 bridgehead atoms. The summed E-state index contributed by atoms with van der Waals surface area (Å²) in [6.07, 6.45) is 2.23. The summed E-state index contributed by atoms with van der Waals surface area (Å²) in [4.78, 5) is 11.5. The molecule has 19 heavy (non-hydrogen) atoms. The molecule has 0 unspecified atom stereocenters. The van der Waals surface area contributed by atoms with Gasteiger partial charge >= 0.3 is 0 Å². The molecule has 1 fully saturated rings. The van der Waals surface area contributed by atoms with Gasteiger partial charge in [-0.05, 0) is 50.3 Å². The standard InChI is InChI=1S/C15H21BrN2O/c1-10(2)18-15(19)9-17-14-7-12(8-14)11-4-3-5-13(16)6-11/h3-6,10,12,14,17H,7-9H2,1-2H3,(H,18,19). The van der Waals surface area contributed by atoms with E-state index in [1.807, 2.05) is 19.9 Å². The van der Waals surface area contributed by atoms with Crippen LogP contribution in [0, 0.1) is 0 Å². The molecule has 1 amide bonds. The minimum absolute atomic E-state index is 0.0842. The zero-order valence-corrected chi connectivity index (χ0v) is 13.0. The summed E-state index contributed by atoms with van der Waals surface area (Å²) in [6, 6.07) is 9.18. The van der Waals surface area contributed by atoms with Crippen molar-refractivity contribution in [3.8, 4) is 0 Å². The Hall–Kier alpha value is -0.870. The highest BCUT2D eigenvalue weighted by Crippen LogP contribution is 2.37. The first-order chi connectivity index (χ1) is 9.04. The van der Waals surface area contributed by atoms with Crippen LogP contribution in [0.2, 0.25) is 0 Å². The van der Waals surface area contributed by atoms with Gasteiger partial charge in [-0.3, -0.25) is 4.79 Å². The molecule has 0 aliphatic heterocycles. The highest BCUT2D eigenvalue weighted by atomic mass is 79.9. The van der Waals surface area contributed by atoms with E-state index >= 15 is 0 Å². The SMILES string of the molecule is CC(C)NC(=O)CNC1CC(c2cccc(Br)c2)C1. The van der Waals surface area contributed by atoms with Crippen molar-refractivity contribution in [2.24, 2.45) is 0 Å². The molecule has 1 saturated carbocycles. The molecule has 0 spiro atoms. The number of benzene rings is 1. The lowest BCUT2D eigenvalue weighted by Crippen LogP contribution is -2.46. The van der Waals surface area contributed by atoms with Crippen molar-refractivity contribution in [1.29, 1.82) is 0 Å².